The molecule has 0 aliphatic heterocycles. The largest absolute Gasteiger partial charge is 0.396 e. The molecular formula is C13H21NO3S. The maximum Gasteiger partial charge on any atom is 0.177 e. The van der Waals surface area contributed by atoms with Crippen molar-refractivity contribution >= 4 is 15.5 Å². The molecule has 18 heavy (non-hydrogen) atoms. The van der Waals surface area contributed by atoms with Gasteiger partial charge in [-0.25, -0.2) is 8.42 Å². The molecule has 0 saturated carbocycles. The Morgan fingerprint density at radius 3 is 2.56 bits per heavy atom. The van der Waals surface area contributed by atoms with Crippen LogP contribution in [0.25, 0.3) is 0 Å². The fourth-order valence-corrected chi connectivity index (χ4v) is 2.69. The lowest BCUT2D eigenvalue weighted by Crippen LogP contribution is -2.16. The number of anilines is 1. The molecule has 2 N–H and O–H groups in total. The molecule has 5 heteroatoms. The predicted molar refractivity (Wildman–Crippen MR) is 73.5 cm³/mol. The van der Waals surface area contributed by atoms with Gasteiger partial charge in [-0.3, -0.25) is 0 Å². The third-order valence-corrected chi connectivity index (χ3v) is 4.14. The van der Waals surface area contributed by atoms with Gasteiger partial charge in [0.1, 0.15) is 0 Å². The summed E-state index contributed by atoms with van der Waals surface area (Å²) in [5.74, 6) is 0.350. The van der Waals surface area contributed by atoms with E-state index in [9.17, 15) is 8.42 Å². The van der Waals surface area contributed by atoms with E-state index in [4.69, 9.17) is 5.11 Å². The van der Waals surface area contributed by atoms with Crippen molar-refractivity contribution in [3.05, 3.63) is 24.3 Å². The number of aliphatic hydroxyl groups excluding tert-OH is 1. The number of hydrogen-bond donors (Lipinski definition) is 2. The Balaban J connectivity index is 2.79. The molecule has 0 saturated heterocycles. The zero-order chi connectivity index (χ0) is 13.6. The average molecular weight is 271 g/mol. The van der Waals surface area contributed by atoms with Crippen molar-refractivity contribution < 1.29 is 13.5 Å². The summed E-state index contributed by atoms with van der Waals surface area (Å²) in [6, 6.07) is 6.89. The van der Waals surface area contributed by atoms with Crippen molar-refractivity contribution in [2.45, 2.75) is 24.7 Å². The Kier molecular flexibility index (Phi) is 5.62. The summed E-state index contributed by atoms with van der Waals surface area (Å²) in [6.07, 6.45) is 2.89. The molecule has 102 valence electrons. The van der Waals surface area contributed by atoms with Crippen LogP contribution in [-0.2, 0) is 9.84 Å². The topological polar surface area (TPSA) is 66.4 Å². The van der Waals surface area contributed by atoms with E-state index in [1.165, 1.54) is 6.26 Å². The highest BCUT2D eigenvalue weighted by atomic mass is 32.2. The van der Waals surface area contributed by atoms with Gasteiger partial charge in [-0.1, -0.05) is 25.5 Å². The number of aliphatic hydroxyl groups is 1. The van der Waals surface area contributed by atoms with Crippen molar-refractivity contribution in [2.75, 3.05) is 24.7 Å². The molecule has 1 rings (SSSR count). The lowest BCUT2D eigenvalue weighted by molar-refractivity contribution is 0.258. The average Bonchev–Trinajstić information content (AvgIpc) is 2.33. The highest BCUT2D eigenvalue weighted by Crippen LogP contribution is 2.21. The molecule has 0 fully saturated rings. The highest BCUT2D eigenvalue weighted by Gasteiger charge is 2.13. The van der Waals surface area contributed by atoms with Crippen molar-refractivity contribution in [2.24, 2.45) is 5.92 Å². The quantitative estimate of drug-likeness (QED) is 0.795. The molecule has 0 radical (unpaired) electrons. The van der Waals surface area contributed by atoms with Gasteiger partial charge >= 0.3 is 0 Å². The first-order valence-corrected chi connectivity index (χ1v) is 8.02. The standard InChI is InChI=1S/C13H21NO3S/c1-3-11(8-9-15)10-14-12-6-4-5-7-13(12)18(2,16)17/h4-7,11,14-15H,3,8-10H2,1-2H3. The van der Waals surface area contributed by atoms with Crippen LogP contribution in [0.5, 0.6) is 0 Å². The van der Waals surface area contributed by atoms with Crippen LogP contribution in [-0.4, -0.2) is 32.9 Å². The number of sulfone groups is 1. The van der Waals surface area contributed by atoms with Gasteiger partial charge in [0, 0.05) is 19.4 Å². The second kappa shape index (κ2) is 6.75. The number of para-hydroxylation sites is 1. The van der Waals surface area contributed by atoms with Crippen LogP contribution < -0.4 is 5.32 Å². The van der Waals surface area contributed by atoms with Crippen molar-refractivity contribution in [1.29, 1.82) is 0 Å². The van der Waals surface area contributed by atoms with Gasteiger partial charge in [-0.2, -0.15) is 0 Å². The van der Waals surface area contributed by atoms with Gasteiger partial charge in [0.25, 0.3) is 0 Å². The number of nitrogens with one attached hydrogen (secondary N) is 1. The normalized spacial score (nSPS) is 13.3. The summed E-state index contributed by atoms with van der Waals surface area (Å²) < 4.78 is 23.2. The van der Waals surface area contributed by atoms with E-state index in [1.807, 2.05) is 6.07 Å². The zero-order valence-electron chi connectivity index (χ0n) is 10.9. The molecule has 0 aliphatic rings. The summed E-state index contributed by atoms with van der Waals surface area (Å²) in [5, 5.41) is 12.1. The molecule has 0 spiro atoms. The highest BCUT2D eigenvalue weighted by molar-refractivity contribution is 7.90. The second-order valence-electron chi connectivity index (χ2n) is 4.44. The summed E-state index contributed by atoms with van der Waals surface area (Å²) in [7, 11) is -3.21. The third kappa shape index (κ3) is 4.31. The number of benzene rings is 1. The van der Waals surface area contributed by atoms with E-state index in [0.717, 1.165) is 12.8 Å². The maximum absolute atomic E-state index is 11.6. The fraction of sp³-hybridized carbons (Fsp3) is 0.538. The van der Waals surface area contributed by atoms with Crippen molar-refractivity contribution in [3.63, 3.8) is 0 Å². The molecular weight excluding hydrogens is 250 g/mol. The third-order valence-electron chi connectivity index (χ3n) is 2.98. The van der Waals surface area contributed by atoms with Crippen LogP contribution in [0.3, 0.4) is 0 Å². The van der Waals surface area contributed by atoms with Gasteiger partial charge in [0.15, 0.2) is 9.84 Å². The van der Waals surface area contributed by atoms with Gasteiger partial charge < -0.3 is 10.4 Å². The van der Waals surface area contributed by atoms with Crippen molar-refractivity contribution in [1.82, 2.24) is 0 Å². The Morgan fingerprint density at radius 2 is 2.00 bits per heavy atom. The Hall–Kier alpha value is -1.07. The zero-order valence-corrected chi connectivity index (χ0v) is 11.7. The van der Waals surface area contributed by atoms with Gasteiger partial charge in [-0.15, -0.1) is 0 Å². The maximum atomic E-state index is 11.6. The molecule has 1 aromatic rings. The molecule has 1 unspecified atom stereocenters. The predicted octanol–water partition coefficient (Wildman–Crippen LogP) is 1.91. The van der Waals surface area contributed by atoms with Crippen LogP contribution in [0.2, 0.25) is 0 Å². The van der Waals surface area contributed by atoms with Crippen LogP contribution in [0, 0.1) is 5.92 Å². The Bertz CT molecular complexity index is 471. The fourth-order valence-electron chi connectivity index (χ4n) is 1.82. The SMILES string of the molecule is CCC(CCO)CNc1ccccc1S(C)(=O)=O. The molecule has 0 amide bonds. The lowest BCUT2D eigenvalue weighted by Gasteiger charge is -2.16. The van der Waals surface area contributed by atoms with Crippen LogP contribution in [0.1, 0.15) is 19.8 Å². The van der Waals surface area contributed by atoms with E-state index < -0.39 is 9.84 Å². The minimum absolute atomic E-state index is 0.161. The van der Waals surface area contributed by atoms with E-state index in [1.54, 1.807) is 18.2 Å². The summed E-state index contributed by atoms with van der Waals surface area (Å²) in [4.78, 5) is 0.323. The molecule has 0 heterocycles. The molecule has 0 aliphatic carbocycles. The number of hydrogen-bond acceptors (Lipinski definition) is 4. The van der Waals surface area contributed by atoms with Crippen LogP contribution >= 0.6 is 0 Å². The van der Waals surface area contributed by atoms with E-state index in [-0.39, 0.29) is 6.61 Å². The minimum atomic E-state index is -3.21. The molecule has 1 atom stereocenters. The van der Waals surface area contributed by atoms with E-state index in [0.29, 0.717) is 23.0 Å². The van der Waals surface area contributed by atoms with Gasteiger partial charge in [0.2, 0.25) is 0 Å². The number of rotatable bonds is 7. The first-order chi connectivity index (χ1) is 8.49. The summed E-state index contributed by atoms with van der Waals surface area (Å²) in [6.45, 7) is 2.89. The van der Waals surface area contributed by atoms with E-state index >= 15 is 0 Å². The van der Waals surface area contributed by atoms with E-state index in [2.05, 4.69) is 12.2 Å². The van der Waals surface area contributed by atoms with Gasteiger partial charge in [0.05, 0.1) is 10.6 Å². The van der Waals surface area contributed by atoms with Crippen LogP contribution in [0.15, 0.2) is 29.2 Å². The molecule has 4 nitrogen and oxygen atoms in total. The first-order valence-electron chi connectivity index (χ1n) is 6.12. The summed E-state index contributed by atoms with van der Waals surface area (Å²) in [5.41, 5.74) is 0.636. The monoisotopic (exact) mass is 271 g/mol. The summed E-state index contributed by atoms with van der Waals surface area (Å²) >= 11 is 0. The molecule has 0 bridgehead atoms. The second-order valence-corrected chi connectivity index (χ2v) is 6.42. The Labute approximate surface area is 109 Å². The van der Waals surface area contributed by atoms with Crippen molar-refractivity contribution in [3.8, 4) is 0 Å². The van der Waals surface area contributed by atoms with Crippen LogP contribution in [0.4, 0.5) is 5.69 Å². The Morgan fingerprint density at radius 1 is 1.33 bits per heavy atom. The molecule has 1 aromatic carbocycles. The van der Waals surface area contributed by atoms with Gasteiger partial charge in [-0.05, 0) is 24.5 Å². The molecule has 0 aromatic heterocycles. The minimum Gasteiger partial charge on any atom is -0.396 e. The first kappa shape index (κ1) is 15.0. The lowest BCUT2D eigenvalue weighted by atomic mass is 10.0. The smallest absolute Gasteiger partial charge is 0.177 e.